The van der Waals surface area contributed by atoms with Gasteiger partial charge in [-0.3, -0.25) is 9.59 Å². The summed E-state index contributed by atoms with van der Waals surface area (Å²) in [5.74, 6) is -1.57. The molecule has 0 aliphatic carbocycles. The van der Waals surface area contributed by atoms with Gasteiger partial charge in [-0.2, -0.15) is 5.10 Å². The molecule has 3 aromatic rings. The van der Waals surface area contributed by atoms with Crippen molar-refractivity contribution < 1.29 is 9.59 Å². The number of nitrogens with one attached hydrogen (secondary N) is 2. The van der Waals surface area contributed by atoms with Gasteiger partial charge in [0, 0.05) is 12.1 Å². The van der Waals surface area contributed by atoms with Crippen LogP contribution in [0.4, 0.5) is 0 Å². The first kappa shape index (κ1) is 16.4. The number of benzene rings is 3. The maximum atomic E-state index is 11.7. The molecule has 2 amide bonds. The summed E-state index contributed by atoms with van der Waals surface area (Å²) in [4.78, 5) is 23.2. The van der Waals surface area contributed by atoms with Crippen molar-refractivity contribution in [3.05, 3.63) is 72.8 Å². The molecule has 0 aromatic heterocycles. The standard InChI is InChI=1S/C20H17N3O2/c1-2-11-21-19(24)20(25)23-22-13-18-16-9-5-3-7-14(16)12-15-8-4-6-10-17(15)18/h2-10,12-13H,1,11H2,(H,21,24)(H,23,25)/b22-13-. The van der Waals surface area contributed by atoms with E-state index < -0.39 is 11.8 Å². The topological polar surface area (TPSA) is 70.6 Å². The Morgan fingerprint density at radius 3 is 2.16 bits per heavy atom. The van der Waals surface area contributed by atoms with Crippen molar-refractivity contribution >= 4 is 39.6 Å². The van der Waals surface area contributed by atoms with Crippen molar-refractivity contribution in [1.82, 2.24) is 10.7 Å². The van der Waals surface area contributed by atoms with E-state index in [-0.39, 0.29) is 6.54 Å². The molecule has 0 unspecified atom stereocenters. The number of hydrogen-bond acceptors (Lipinski definition) is 3. The highest BCUT2D eigenvalue weighted by Crippen LogP contribution is 2.27. The fourth-order valence-electron chi connectivity index (χ4n) is 2.64. The molecule has 5 heteroatoms. The Kier molecular flexibility index (Phi) is 4.85. The normalized spacial score (nSPS) is 10.9. The second kappa shape index (κ2) is 7.40. The molecule has 3 aromatic carbocycles. The van der Waals surface area contributed by atoms with E-state index in [1.165, 1.54) is 6.08 Å². The van der Waals surface area contributed by atoms with Crippen molar-refractivity contribution in [2.45, 2.75) is 0 Å². The van der Waals surface area contributed by atoms with Gasteiger partial charge in [-0.15, -0.1) is 6.58 Å². The van der Waals surface area contributed by atoms with Crippen LogP contribution in [-0.2, 0) is 9.59 Å². The summed E-state index contributed by atoms with van der Waals surface area (Å²) < 4.78 is 0. The molecule has 0 saturated carbocycles. The van der Waals surface area contributed by atoms with Crippen LogP contribution >= 0.6 is 0 Å². The molecule has 0 radical (unpaired) electrons. The number of amides is 2. The molecule has 124 valence electrons. The highest BCUT2D eigenvalue weighted by molar-refractivity contribution is 6.35. The average molecular weight is 331 g/mol. The SMILES string of the molecule is C=CCNC(=O)C(=O)N/N=C\c1c2ccccc2cc2ccccc12. The van der Waals surface area contributed by atoms with E-state index in [1.807, 2.05) is 48.5 Å². The summed E-state index contributed by atoms with van der Waals surface area (Å²) >= 11 is 0. The lowest BCUT2D eigenvalue weighted by molar-refractivity contribution is -0.139. The Morgan fingerprint density at radius 2 is 1.56 bits per heavy atom. The van der Waals surface area contributed by atoms with Gasteiger partial charge in [0.25, 0.3) is 0 Å². The van der Waals surface area contributed by atoms with Gasteiger partial charge < -0.3 is 5.32 Å². The molecule has 0 spiro atoms. The minimum Gasteiger partial charge on any atom is -0.344 e. The summed E-state index contributed by atoms with van der Waals surface area (Å²) in [6.45, 7) is 3.70. The van der Waals surface area contributed by atoms with Crippen LogP contribution in [0.3, 0.4) is 0 Å². The van der Waals surface area contributed by atoms with Crippen LogP contribution < -0.4 is 10.7 Å². The fourth-order valence-corrected chi connectivity index (χ4v) is 2.64. The molecule has 0 atom stereocenters. The number of carbonyl (C=O) groups is 2. The van der Waals surface area contributed by atoms with E-state index in [2.05, 4.69) is 28.5 Å². The van der Waals surface area contributed by atoms with E-state index in [0.717, 1.165) is 27.1 Å². The Bertz CT molecular complexity index is 939. The predicted octanol–water partition coefficient (Wildman–Crippen LogP) is 2.75. The monoisotopic (exact) mass is 331 g/mol. The summed E-state index contributed by atoms with van der Waals surface area (Å²) in [5.41, 5.74) is 3.14. The van der Waals surface area contributed by atoms with Gasteiger partial charge in [-0.05, 0) is 27.6 Å². The summed E-state index contributed by atoms with van der Waals surface area (Å²) in [7, 11) is 0. The Morgan fingerprint density at radius 1 is 0.960 bits per heavy atom. The van der Waals surface area contributed by atoms with Gasteiger partial charge in [0.2, 0.25) is 0 Å². The minimum atomic E-state index is -0.817. The molecule has 0 saturated heterocycles. The van der Waals surface area contributed by atoms with Crippen LogP contribution in [0.15, 0.2) is 72.4 Å². The van der Waals surface area contributed by atoms with Gasteiger partial charge in [0.05, 0.1) is 6.21 Å². The Balaban J connectivity index is 1.92. The smallest absolute Gasteiger partial charge is 0.329 e. The minimum absolute atomic E-state index is 0.226. The van der Waals surface area contributed by atoms with Crippen LogP contribution in [0.2, 0.25) is 0 Å². The Hall–Kier alpha value is -3.47. The van der Waals surface area contributed by atoms with Crippen molar-refractivity contribution in [2.24, 2.45) is 5.10 Å². The van der Waals surface area contributed by atoms with Gasteiger partial charge in [0.15, 0.2) is 0 Å². The number of hydrogen-bond donors (Lipinski definition) is 2. The highest BCUT2D eigenvalue weighted by Gasteiger charge is 2.11. The molecule has 0 heterocycles. The molecular formula is C20H17N3O2. The second-order valence-corrected chi connectivity index (χ2v) is 5.43. The number of rotatable bonds is 4. The van der Waals surface area contributed by atoms with Crippen LogP contribution in [0, 0.1) is 0 Å². The summed E-state index contributed by atoms with van der Waals surface area (Å²) in [6.07, 6.45) is 3.07. The summed E-state index contributed by atoms with van der Waals surface area (Å²) in [6, 6.07) is 18.0. The molecule has 0 aliphatic heterocycles. The predicted molar refractivity (Wildman–Crippen MR) is 100 cm³/mol. The first-order valence-corrected chi connectivity index (χ1v) is 7.83. The fraction of sp³-hybridized carbons (Fsp3) is 0.0500. The average Bonchev–Trinajstić information content (AvgIpc) is 2.65. The van der Waals surface area contributed by atoms with Crippen molar-refractivity contribution in [3.63, 3.8) is 0 Å². The van der Waals surface area contributed by atoms with Gasteiger partial charge in [-0.1, -0.05) is 54.6 Å². The highest BCUT2D eigenvalue weighted by atomic mass is 16.2. The quantitative estimate of drug-likeness (QED) is 0.254. The zero-order valence-electron chi connectivity index (χ0n) is 13.5. The molecule has 0 aliphatic rings. The number of nitrogens with zero attached hydrogens (tertiary/aromatic N) is 1. The van der Waals surface area contributed by atoms with E-state index in [4.69, 9.17) is 0 Å². The van der Waals surface area contributed by atoms with E-state index >= 15 is 0 Å². The lowest BCUT2D eigenvalue weighted by Crippen LogP contribution is -2.37. The second-order valence-electron chi connectivity index (χ2n) is 5.43. The largest absolute Gasteiger partial charge is 0.344 e. The van der Waals surface area contributed by atoms with Crippen LogP contribution in [0.1, 0.15) is 5.56 Å². The number of fused-ring (bicyclic) bond motifs is 2. The van der Waals surface area contributed by atoms with Crippen LogP contribution in [-0.4, -0.2) is 24.6 Å². The number of carbonyl (C=O) groups excluding carboxylic acids is 2. The van der Waals surface area contributed by atoms with E-state index in [0.29, 0.717) is 0 Å². The maximum absolute atomic E-state index is 11.7. The van der Waals surface area contributed by atoms with Crippen molar-refractivity contribution in [3.8, 4) is 0 Å². The lowest BCUT2D eigenvalue weighted by atomic mass is 9.97. The first-order chi connectivity index (χ1) is 12.2. The molecular weight excluding hydrogens is 314 g/mol. The van der Waals surface area contributed by atoms with Crippen molar-refractivity contribution in [2.75, 3.05) is 6.54 Å². The van der Waals surface area contributed by atoms with E-state index in [9.17, 15) is 9.59 Å². The zero-order valence-corrected chi connectivity index (χ0v) is 13.5. The van der Waals surface area contributed by atoms with Crippen molar-refractivity contribution in [1.29, 1.82) is 0 Å². The third-order valence-corrected chi connectivity index (χ3v) is 3.79. The zero-order chi connectivity index (χ0) is 17.6. The van der Waals surface area contributed by atoms with Gasteiger partial charge in [0.1, 0.15) is 0 Å². The summed E-state index contributed by atoms with van der Waals surface area (Å²) in [5, 5.41) is 10.6. The van der Waals surface area contributed by atoms with Gasteiger partial charge >= 0.3 is 11.8 Å². The third-order valence-electron chi connectivity index (χ3n) is 3.79. The molecule has 3 rings (SSSR count). The van der Waals surface area contributed by atoms with E-state index in [1.54, 1.807) is 6.21 Å². The first-order valence-electron chi connectivity index (χ1n) is 7.83. The molecule has 5 nitrogen and oxygen atoms in total. The third kappa shape index (κ3) is 3.55. The van der Waals surface area contributed by atoms with Gasteiger partial charge in [-0.25, -0.2) is 5.43 Å². The number of hydrazone groups is 1. The lowest BCUT2D eigenvalue weighted by Gasteiger charge is -2.07. The van der Waals surface area contributed by atoms with Crippen LogP contribution in [0.5, 0.6) is 0 Å². The molecule has 2 N–H and O–H groups in total. The molecule has 0 bridgehead atoms. The Labute approximate surface area is 145 Å². The maximum Gasteiger partial charge on any atom is 0.329 e. The van der Waals surface area contributed by atoms with Crippen LogP contribution in [0.25, 0.3) is 21.5 Å². The molecule has 0 fully saturated rings. The molecule has 25 heavy (non-hydrogen) atoms.